The molecular formula is C10H17NO3. The Morgan fingerprint density at radius 2 is 2.21 bits per heavy atom. The maximum atomic E-state index is 10.9. The van der Waals surface area contributed by atoms with Gasteiger partial charge in [-0.2, -0.15) is 0 Å². The molecule has 4 nitrogen and oxygen atoms in total. The SMILES string of the molecule is COC(=O)OC1C=CCCC(N)CC1. The highest BCUT2D eigenvalue weighted by Gasteiger charge is 2.15. The molecule has 0 bridgehead atoms. The van der Waals surface area contributed by atoms with Crippen molar-refractivity contribution >= 4 is 6.16 Å². The van der Waals surface area contributed by atoms with E-state index < -0.39 is 6.16 Å². The number of hydrogen-bond acceptors (Lipinski definition) is 4. The first-order chi connectivity index (χ1) is 6.72. The van der Waals surface area contributed by atoms with Crippen LogP contribution >= 0.6 is 0 Å². The van der Waals surface area contributed by atoms with Gasteiger partial charge in [-0.3, -0.25) is 0 Å². The average molecular weight is 199 g/mol. The molecule has 14 heavy (non-hydrogen) atoms. The molecule has 0 saturated heterocycles. The molecule has 0 saturated carbocycles. The zero-order chi connectivity index (χ0) is 10.4. The summed E-state index contributed by atoms with van der Waals surface area (Å²) >= 11 is 0. The quantitative estimate of drug-likeness (QED) is 0.514. The van der Waals surface area contributed by atoms with Gasteiger partial charge in [0.25, 0.3) is 0 Å². The van der Waals surface area contributed by atoms with Crippen molar-refractivity contribution < 1.29 is 14.3 Å². The Morgan fingerprint density at radius 1 is 1.43 bits per heavy atom. The highest BCUT2D eigenvalue weighted by Crippen LogP contribution is 2.14. The predicted octanol–water partition coefficient (Wildman–Crippen LogP) is 1.60. The van der Waals surface area contributed by atoms with Gasteiger partial charge < -0.3 is 15.2 Å². The maximum Gasteiger partial charge on any atom is 0.508 e. The minimum absolute atomic E-state index is 0.186. The lowest BCUT2D eigenvalue weighted by molar-refractivity contribution is 0.0483. The number of methoxy groups -OCH3 is 1. The van der Waals surface area contributed by atoms with Crippen LogP contribution in [0.3, 0.4) is 0 Å². The van der Waals surface area contributed by atoms with E-state index >= 15 is 0 Å². The molecular weight excluding hydrogens is 182 g/mol. The molecule has 2 unspecified atom stereocenters. The van der Waals surface area contributed by atoms with Crippen molar-refractivity contribution in [2.75, 3.05) is 7.11 Å². The van der Waals surface area contributed by atoms with Gasteiger partial charge in [-0.05, 0) is 31.8 Å². The van der Waals surface area contributed by atoms with Gasteiger partial charge in [-0.1, -0.05) is 6.08 Å². The van der Waals surface area contributed by atoms with Gasteiger partial charge in [0.15, 0.2) is 0 Å². The van der Waals surface area contributed by atoms with Crippen LogP contribution < -0.4 is 5.73 Å². The van der Waals surface area contributed by atoms with E-state index in [1.807, 2.05) is 12.2 Å². The van der Waals surface area contributed by atoms with Gasteiger partial charge >= 0.3 is 6.16 Å². The largest absolute Gasteiger partial charge is 0.508 e. The van der Waals surface area contributed by atoms with Crippen LogP contribution in [0.25, 0.3) is 0 Å². The van der Waals surface area contributed by atoms with Crippen LogP contribution in [0.5, 0.6) is 0 Å². The summed E-state index contributed by atoms with van der Waals surface area (Å²) in [5.74, 6) is 0. The summed E-state index contributed by atoms with van der Waals surface area (Å²) in [4.78, 5) is 10.9. The summed E-state index contributed by atoms with van der Waals surface area (Å²) in [5.41, 5.74) is 5.82. The van der Waals surface area contributed by atoms with Crippen molar-refractivity contribution in [3.05, 3.63) is 12.2 Å². The van der Waals surface area contributed by atoms with Gasteiger partial charge in [-0.25, -0.2) is 4.79 Å². The molecule has 0 aromatic rings. The molecule has 4 heteroatoms. The third-order valence-electron chi connectivity index (χ3n) is 2.29. The van der Waals surface area contributed by atoms with Crippen molar-refractivity contribution in [1.29, 1.82) is 0 Å². The molecule has 1 aliphatic carbocycles. The number of rotatable bonds is 1. The monoisotopic (exact) mass is 199 g/mol. The van der Waals surface area contributed by atoms with Crippen LogP contribution in [0.15, 0.2) is 12.2 Å². The lowest BCUT2D eigenvalue weighted by Gasteiger charge is -2.18. The topological polar surface area (TPSA) is 61.5 Å². The van der Waals surface area contributed by atoms with Gasteiger partial charge in [0, 0.05) is 6.04 Å². The number of hydrogen-bond donors (Lipinski definition) is 1. The van der Waals surface area contributed by atoms with Gasteiger partial charge in [0.2, 0.25) is 0 Å². The zero-order valence-electron chi connectivity index (χ0n) is 8.44. The van der Waals surface area contributed by atoms with Crippen LogP contribution in [-0.2, 0) is 9.47 Å². The van der Waals surface area contributed by atoms with Crippen LogP contribution in [-0.4, -0.2) is 25.4 Å². The van der Waals surface area contributed by atoms with Crippen LogP contribution in [0.4, 0.5) is 4.79 Å². The first-order valence-electron chi connectivity index (χ1n) is 4.89. The molecule has 0 aromatic heterocycles. The maximum absolute atomic E-state index is 10.9. The lowest BCUT2D eigenvalue weighted by atomic mass is 10.0. The standard InChI is InChI=1S/C10H17NO3/c1-13-10(12)14-9-5-3-2-4-8(11)6-7-9/h3,5,8-9H,2,4,6-7,11H2,1H3. The summed E-state index contributed by atoms with van der Waals surface area (Å²) < 4.78 is 9.45. The second-order valence-electron chi connectivity index (χ2n) is 3.45. The van der Waals surface area contributed by atoms with E-state index in [0.717, 1.165) is 25.7 Å². The summed E-state index contributed by atoms with van der Waals surface area (Å²) in [6, 6.07) is 0.212. The molecule has 0 fully saturated rings. The fourth-order valence-electron chi connectivity index (χ4n) is 1.45. The third kappa shape index (κ3) is 3.79. The Hall–Kier alpha value is -1.03. The highest BCUT2D eigenvalue weighted by atomic mass is 16.7. The van der Waals surface area contributed by atoms with E-state index in [-0.39, 0.29) is 12.1 Å². The average Bonchev–Trinajstić information content (AvgIpc) is 2.16. The smallest absolute Gasteiger partial charge is 0.438 e. The zero-order valence-corrected chi connectivity index (χ0v) is 8.44. The van der Waals surface area contributed by atoms with Crippen LogP contribution in [0.1, 0.15) is 25.7 Å². The highest BCUT2D eigenvalue weighted by molar-refractivity contribution is 5.60. The molecule has 80 valence electrons. The summed E-state index contributed by atoms with van der Waals surface area (Å²) in [6.45, 7) is 0. The van der Waals surface area contributed by atoms with Crippen LogP contribution in [0, 0.1) is 0 Å². The molecule has 0 aromatic carbocycles. The minimum Gasteiger partial charge on any atom is -0.438 e. The molecule has 1 rings (SSSR count). The van der Waals surface area contributed by atoms with E-state index in [0.29, 0.717) is 0 Å². The van der Waals surface area contributed by atoms with Gasteiger partial charge in [-0.15, -0.1) is 0 Å². The summed E-state index contributed by atoms with van der Waals surface area (Å²) in [7, 11) is 1.31. The molecule has 1 aliphatic rings. The second kappa shape index (κ2) is 5.65. The van der Waals surface area contributed by atoms with Crippen molar-refractivity contribution in [3.8, 4) is 0 Å². The minimum atomic E-state index is -0.631. The Kier molecular flexibility index (Phi) is 4.46. The van der Waals surface area contributed by atoms with Crippen molar-refractivity contribution in [3.63, 3.8) is 0 Å². The molecule has 0 heterocycles. The van der Waals surface area contributed by atoms with Crippen molar-refractivity contribution in [1.82, 2.24) is 0 Å². The van der Waals surface area contributed by atoms with Crippen molar-refractivity contribution in [2.45, 2.75) is 37.8 Å². The van der Waals surface area contributed by atoms with E-state index in [1.54, 1.807) is 0 Å². The fourth-order valence-corrected chi connectivity index (χ4v) is 1.45. The van der Waals surface area contributed by atoms with Gasteiger partial charge in [0.1, 0.15) is 6.10 Å². The molecule has 0 spiro atoms. The molecule has 0 aliphatic heterocycles. The number of allylic oxidation sites excluding steroid dienone is 1. The lowest BCUT2D eigenvalue weighted by Crippen LogP contribution is -2.25. The first kappa shape index (κ1) is 11.0. The molecule has 0 amide bonds. The van der Waals surface area contributed by atoms with Crippen LogP contribution in [0.2, 0.25) is 0 Å². The summed E-state index contributed by atoms with van der Waals surface area (Å²) in [5, 5.41) is 0. The number of carbonyl (C=O) groups excluding carboxylic acids is 1. The molecule has 0 radical (unpaired) electrons. The van der Waals surface area contributed by atoms with Gasteiger partial charge in [0.05, 0.1) is 7.11 Å². The summed E-state index contributed by atoms with van der Waals surface area (Å²) in [6.07, 6.45) is 6.69. The second-order valence-corrected chi connectivity index (χ2v) is 3.45. The molecule has 2 atom stereocenters. The van der Waals surface area contributed by atoms with E-state index in [9.17, 15) is 4.79 Å². The van der Waals surface area contributed by atoms with Crippen molar-refractivity contribution in [2.24, 2.45) is 5.73 Å². The predicted molar refractivity (Wildman–Crippen MR) is 52.9 cm³/mol. The Balaban J connectivity index is 2.42. The fraction of sp³-hybridized carbons (Fsp3) is 0.700. The number of carbonyl (C=O) groups is 1. The number of ether oxygens (including phenoxy) is 2. The number of nitrogens with two attached hydrogens (primary N) is 1. The molecule has 2 N–H and O–H groups in total. The van der Waals surface area contributed by atoms with E-state index in [1.165, 1.54) is 7.11 Å². The Labute approximate surface area is 84.1 Å². The third-order valence-corrected chi connectivity index (χ3v) is 2.29. The normalized spacial score (nSPS) is 27.6. The Bertz CT molecular complexity index is 215. The van der Waals surface area contributed by atoms with E-state index in [4.69, 9.17) is 10.5 Å². The first-order valence-corrected chi connectivity index (χ1v) is 4.89. The van der Waals surface area contributed by atoms with E-state index in [2.05, 4.69) is 4.74 Å². The Morgan fingerprint density at radius 3 is 2.93 bits per heavy atom.